The average Bonchev–Trinajstić information content (AvgIpc) is 2.43. The minimum Gasteiger partial charge on any atom is -0.489 e. The molecule has 0 aliphatic carbocycles. The van der Waals surface area contributed by atoms with Gasteiger partial charge in [-0.05, 0) is 64.7 Å². The highest BCUT2D eigenvalue weighted by atomic mass is 79.9. The molecule has 4 nitrogen and oxygen atoms in total. The van der Waals surface area contributed by atoms with Crippen LogP contribution in [0.4, 0.5) is 5.69 Å². The normalized spacial score (nSPS) is 10.5. The lowest BCUT2D eigenvalue weighted by molar-refractivity contribution is -0.385. The van der Waals surface area contributed by atoms with Crippen molar-refractivity contribution in [2.75, 3.05) is 0 Å². The van der Waals surface area contributed by atoms with Crippen molar-refractivity contribution in [3.8, 4) is 5.75 Å². The molecule has 0 radical (unpaired) electrons. The number of hydrogen-bond acceptors (Lipinski definition) is 3. The van der Waals surface area contributed by atoms with Crippen molar-refractivity contribution < 1.29 is 9.66 Å². The van der Waals surface area contributed by atoms with Crippen LogP contribution in [0.5, 0.6) is 5.75 Å². The van der Waals surface area contributed by atoms with E-state index in [0.717, 1.165) is 21.7 Å². The molecule has 110 valence electrons. The third-order valence-electron chi connectivity index (χ3n) is 3.02. The zero-order valence-corrected chi connectivity index (χ0v) is 13.9. The summed E-state index contributed by atoms with van der Waals surface area (Å²) in [6.07, 6.45) is 0. The van der Waals surface area contributed by atoms with Gasteiger partial charge in [0.05, 0.1) is 9.40 Å². The molecule has 0 spiro atoms. The first kappa shape index (κ1) is 15.8. The lowest BCUT2D eigenvalue weighted by Crippen LogP contribution is -1.98. The average molecular weight is 371 g/mol. The van der Waals surface area contributed by atoms with Crippen LogP contribution in [0.15, 0.2) is 34.8 Å². The fourth-order valence-corrected chi connectivity index (χ4v) is 2.44. The first-order chi connectivity index (χ1) is 9.88. The van der Waals surface area contributed by atoms with Crippen molar-refractivity contribution in [3.63, 3.8) is 0 Å². The molecule has 0 bridgehead atoms. The molecule has 0 aliphatic heterocycles. The van der Waals surface area contributed by atoms with Crippen LogP contribution in [0.2, 0.25) is 5.02 Å². The van der Waals surface area contributed by atoms with Gasteiger partial charge in [0.25, 0.3) is 5.69 Å². The van der Waals surface area contributed by atoms with Crippen molar-refractivity contribution in [1.82, 2.24) is 0 Å². The number of benzene rings is 2. The predicted molar refractivity (Wildman–Crippen MR) is 86.1 cm³/mol. The highest BCUT2D eigenvalue weighted by Crippen LogP contribution is 2.28. The van der Waals surface area contributed by atoms with Gasteiger partial charge >= 0.3 is 0 Å². The third kappa shape index (κ3) is 3.74. The monoisotopic (exact) mass is 369 g/mol. The number of nitrogens with zero attached hydrogens (tertiary/aromatic N) is 1. The summed E-state index contributed by atoms with van der Waals surface area (Å²) in [5, 5.41) is 11.6. The molecular formula is C15H13BrClNO3. The van der Waals surface area contributed by atoms with E-state index in [2.05, 4.69) is 15.9 Å². The minimum atomic E-state index is -0.426. The molecule has 6 heteroatoms. The third-order valence-corrected chi connectivity index (χ3v) is 4.29. The lowest BCUT2D eigenvalue weighted by atomic mass is 10.1. The summed E-state index contributed by atoms with van der Waals surface area (Å²) in [5.41, 5.74) is 2.64. The van der Waals surface area contributed by atoms with Gasteiger partial charge in [-0.2, -0.15) is 0 Å². The Bertz CT molecular complexity index is 680. The standard InChI is InChI=1S/C15H13BrClNO3/c1-9-5-12(6-10(2)15(9)17)21-8-11-3-4-13(16)14(7-11)18(19)20/h3-7H,8H2,1-2H3. The summed E-state index contributed by atoms with van der Waals surface area (Å²) in [7, 11) is 0. The number of aryl methyl sites for hydroxylation is 2. The van der Waals surface area contributed by atoms with Crippen molar-refractivity contribution in [2.45, 2.75) is 20.5 Å². The molecule has 0 saturated heterocycles. The largest absolute Gasteiger partial charge is 0.489 e. The number of nitro groups is 1. The maximum atomic E-state index is 10.9. The van der Waals surface area contributed by atoms with Crippen molar-refractivity contribution in [1.29, 1.82) is 0 Å². The Morgan fingerprint density at radius 2 is 1.86 bits per heavy atom. The molecule has 0 saturated carbocycles. The van der Waals surface area contributed by atoms with Gasteiger partial charge in [0.15, 0.2) is 0 Å². The Labute approximate surface area is 136 Å². The molecule has 0 fully saturated rings. The number of rotatable bonds is 4. The molecule has 21 heavy (non-hydrogen) atoms. The van der Waals surface area contributed by atoms with Gasteiger partial charge in [-0.3, -0.25) is 10.1 Å². The second-order valence-electron chi connectivity index (χ2n) is 4.70. The van der Waals surface area contributed by atoms with Gasteiger partial charge in [-0.15, -0.1) is 0 Å². The van der Waals surface area contributed by atoms with E-state index in [-0.39, 0.29) is 12.3 Å². The van der Waals surface area contributed by atoms with Crippen LogP contribution in [0.1, 0.15) is 16.7 Å². The van der Waals surface area contributed by atoms with E-state index in [0.29, 0.717) is 10.2 Å². The second kappa shape index (κ2) is 6.45. The summed E-state index contributed by atoms with van der Waals surface area (Å²) in [6.45, 7) is 4.08. The van der Waals surface area contributed by atoms with E-state index < -0.39 is 4.92 Å². The Morgan fingerprint density at radius 1 is 1.24 bits per heavy atom. The van der Waals surface area contributed by atoms with Crippen LogP contribution in [0, 0.1) is 24.0 Å². The molecule has 2 aromatic carbocycles. The summed E-state index contributed by atoms with van der Waals surface area (Å²) in [6, 6.07) is 8.63. The van der Waals surface area contributed by atoms with E-state index >= 15 is 0 Å². The van der Waals surface area contributed by atoms with Crippen LogP contribution >= 0.6 is 27.5 Å². The summed E-state index contributed by atoms with van der Waals surface area (Å²) < 4.78 is 6.14. The first-order valence-electron chi connectivity index (χ1n) is 6.21. The molecule has 0 amide bonds. The molecular weight excluding hydrogens is 358 g/mol. The maximum Gasteiger partial charge on any atom is 0.283 e. The van der Waals surface area contributed by atoms with Gasteiger partial charge < -0.3 is 4.74 Å². The summed E-state index contributed by atoms with van der Waals surface area (Å²) in [4.78, 5) is 10.5. The highest BCUT2D eigenvalue weighted by Gasteiger charge is 2.12. The highest BCUT2D eigenvalue weighted by molar-refractivity contribution is 9.10. The number of halogens is 2. The van der Waals surface area contributed by atoms with Crippen molar-refractivity contribution >= 4 is 33.2 Å². The molecule has 0 atom stereocenters. The SMILES string of the molecule is Cc1cc(OCc2ccc(Br)c([N+](=O)[O-])c2)cc(C)c1Cl. The summed E-state index contributed by atoms with van der Waals surface area (Å²) >= 11 is 9.26. The Balaban J connectivity index is 2.17. The minimum absolute atomic E-state index is 0.0274. The molecule has 2 aromatic rings. The van der Waals surface area contributed by atoms with E-state index in [1.165, 1.54) is 6.07 Å². The van der Waals surface area contributed by atoms with E-state index in [9.17, 15) is 10.1 Å². The van der Waals surface area contributed by atoms with E-state index in [1.54, 1.807) is 12.1 Å². The van der Waals surface area contributed by atoms with E-state index in [1.807, 2.05) is 26.0 Å². The number of ether oxygens (including phenoxy) is 1. The topological polar surface area (TPSA) is 52.4 Å². The second-order valence-corrected chi connectivity index (χ2v) is 5.93. The molecule has 2 rings (SSSR count). The smallest absolute Gasteiger partial charge is 0.283 e. The van der Waals surface area contributed by atoms with Crippen LogP contribution in [-0.4, -0.2) is 4.92 Å². The van der Waals surface area contributed by atoms with Gasteiger partial charge in [0, 0.05) is 11.1 Å². The Hall–Kier alpha value is -1.59. The summed E-state index contributed by atoms with van der Waals surface area (Å²) in [5.74, 6) is 0.694. The molecule has 0 aromatic heterocycles. The zero-order chi connectivity index (χ0) is 15.6. The van der Waals surface area contributed by atoms with Gasteiger partial charge in [-0.1, -0.05) is 17.7 Å². The Kier molecular flexibility index (Phi) is 4.85. The Morgan fingerprint density at radius 3 is 2.43 bits per heavy atom. The van der Waals surface area contributed by atoms with Gasteiger partial charge in [0.2, 0.25) is 0 Å². The predicted octanol–water partition coefficient (Wildman–Crippen LogP) is 5.21. The van der Waals surface area contributed by atoms with Crippen LogP contribution in [0.3, 0.4) is 0 Å². The fourth-order valence-electron chi connectivity index (χ4n) is 1.94. The molecule has 0 aliphatic rings. The molecule has 0 unspecified atom stereocenters. The quantitative estimate of drug-likeness (QED) is 0.548. The van der Waals surface area contributed by atoms with Crippen LogP contribution < -0.4 is 4.74 Å². The molecule has 0 heterocycles. The number of nitro benzene ring substituents is 1. The van der Waals surface area contributed by atoms with Crippen LogP contribution in [0.25, 0.3) is 0 Å². The lowest BCUT2D eigenvalue weighted by Gasteiger charge is -2.10. The van der Waals surface area contributed by atoms with Crippen LogP contribution in [-0.2, 0) is 6.61 Å². The fraction of sp³-hybridized carbons (Fsp3) is 0.200. The van der Waals surface area contributed by atoms with Crippen molar-refractivity contribution in [2.24, 2.45) is 0 Å². The van der Waals surface area contributed by atoms with E-state index in [4.69, 9.17) is 16.3 Å². The maximum absolute atomic E-state index is 10.9. The van der Waals surface area contributed by atoms with Gasteiger partial charge in [0.1, 0.15) is 12.4 Å². The van der Waals surface area contributed by atoms with Crippen molar-refractivity contribution in [3.05, 3.63) is 66.6 Å². The first-order valence-corrected chi connectivity index (χ1v) is 7.38. The zero-order valence-electron chi connectivity index (χ0n) is 11.5. The number of hydrogen-bond donors (Lipinski definition) is 0. The van der Waals surface area contributed by atoms with Gasteiger partial charge in [-0.25, -0.2) is 0 Å². The molecule has 0 N–H and O–H groups in total.